The lowest BCUT2D eigenvalue weighted by molar-refractivity contribution is 0.102. The highest BCUT2D eigenvalue weighted by atomic mass is 19.1. The number of carbonyl (C=O) groups excluding carboxylic acids is 1. The number of aryl methyl sites for hydroxylation is 2. The molecule has 6 heteroatoms. The summed E-state index contributed by atoms with van der Waals surface area (Å²) in [5, 5.41) is 2.61. The Morgan fingerprint density at radius 3 is 2.73 bits per heavy atom. The first-order chi connectivity index (χ1) is 10.5. The largest absolute Gasteiger partial charge is 0.419 e. The molecule has 0 aliphatic heterocycles. The van der Waals surface area contributed by atoms with Gasteiger partial charge < -0.3 is 9.73 Å². The highest BCUT2D eigenvalue weighted by molar-refractivity contribution is 6.05. The Hall–Kier alpha value is -2.89. The van der Waals surface area contributed by atoms with Gasteiger partial charge in [-0.25, -0.2) is 9.18 Å². The first kappa shape index (κ1) is 14.1. The first-order valence-corrected chi connectivity index (χ1v) is 6.63. The van der Waals surface area contributed by atoms with Crippen molar-refractivity contribution in [2.45, 2.75) is 6.92 Å². The van der Waals surface area contributed by atoms with Crippen LogP contribution in [-0.2, 0) is 7.05 Å². The van der Waals surface area contributed by atoms with Crippen LogP contribution < -0.4 is 11.1 Å². The molecule has 0 aliphatic rings. The van der Waals surface area contributed by atoms with Crippen LogP contribution in [0.15, 0.2) is 45.6 Å². The minimum atomic E-state index is -0.575. The predicted octanol–water partition coefficient (Wildman–Crippen LogP) is 2.83. The van der Waals surface area contributed by atoms with E-state index in [4.69, 9.17) is 4.42 Å². The molecule has 3 aromatic rings. The normalized spacial score (nSPS) is 10.9. The zero-order valence-corrected chi connectivity index (χ0v) is 12.0. The molecule has 1 heterocycles. The van der Waals surface area contributed by atoms with Crippen molar-refractivity contribution in [1.82, 2.24) is 4.57 Å². The van der Waals surface area contributed by atoms with E-state index in [2.05, 4.69) is 5.32 Å². The third-order valence-corrected chi connectivity index (χ3v) is 3.42. The molecule has 0 atom stereocenters. The Labute approximate surface area is 125 Å². The van der Waals surface area contributed by atoms with Crippen LogP contribution in [0.4, 0.5) is 10.1 Å². The molecule has 0 radical (unpaired) electrons. The summed E-state index contributed by atoms with van der Waals surface area (Å²) in [5.41, 5.74) is 2.13. The molecular formula is C16H13FN2O3. The van der Waals surface area contributed by atoms with Gasteiger partial charge in [0, 0.05) is 12.7 Å². The van der Waals surface area contributed by atoms with Gasteiger partial charge in [-0.1, -0.05) is 6.07 Å². The molecule has 1 aromatic heterocycles. The molecule has 0 saturated heterocycles. The van der Waals surface area contributed by atoms with Gasteiger partial charge in [0.2, 0.25) is 0 Å². The molecule has 0 fully saturated rings. The quantitative estimate of drug-likeness (QED) is 0.791. The Bertz CT molecular complexity index is 940. The van der Waals surface area contributed by atoms with Crippen molar-refractivity contribution in [3.05, 3.63) is 63.9 Å². The van der Waals surface area contributed by atoms with E-state index in [-0.39, 0.29) is 5.56 Å². The molecule has 1 amide bonds. The van der Waals surface area contributed by atoms with Crippen molar-refractivity contribution in [3.63, 3.8) is 0 Å². The predicted molar refractivity (Wildman–Crippen MR) is 80.5 cm³/mol. The van der Waals surface area contributed by atoms with E-state index in [9.17, 15) is 14.0 Å². The summed E-state index contributed by atoms with van der Waals surface area (Å²) < 4.78 is 20.1. The molecular weight excluding hydrogens is 287 g/mol. The van der Waals surface area contributed by atoms with Gasteiger partial charge in [-0.15, -0.1) is 0 Å². The molecule has 0 bridgehead atoms. The lowest BCUT2D eigenvalue weighted by Crippen LogP contribution is -2.14. The zero-order valence-electron chi connectivity index (χ0n) is 12.0. The number of hydrogen-bond acceptors (Lipinski definition) is 3. The Balaban J connectivity index is 1.93. The van der Waals surface area contributed by atoms with Gasteiger partial charge in [0.15, 0.2) is 5.58 Å². The fourth-order valence-electron chi connectivity index (χ4n) is 2.21. The topological polar surface area (TPSA) is 64.2 Å². The van der Waals surface area contributed by atoms with Crippen LogP contribution in [0, 0.1) is 12.7 Å². The van der Waals surface area contributed by atoms with Crippen molar-refractivity contribution >= 4 is 22.7 Å². The van der Waals surface area contributed by atoms with Crippen LogP contribution in [0.1, 0.15) is 15.9 Å². The van der Waals surface area contributed by atoms with E-state index < -0.39 is 17.5 Å². The second-order valence-electron chi connectivity index (χ2n) is 5.05. The standard InChI is InChI=1S/C16H13FN2O3/c1-9-3-5-11(12(17)7-9)15(20)18-10-4-6-14-13(8-10)19(2)16(21)22-14/h3-8H,1-2H3,(H,18,20). The third-order valence-electron chi connectivity index (χ3n) is 3.42. The molecule has 22 heavy (non-hydrogen) atoms. The van der Waals surface area contributed by atoms with Crippen molar-refractivity contribution in [3.8, 4) is 0 Å². The van der Waals surface area contributed by atoms with E-state index >= 15 is 0 Å². The van der Waals surface area contributed by atoms with Gasteiger partial charge in [0.05, 0.1) is 11.1 Å². The maximum atomic E-state index is 13.8. The van der Waals surface area contributed by atoms with Crippen LogP contribution in [0.25, 0.3) is 11.1 Å². The van der Waals surface area contributed by atoms with Gasteiger partial charge >= 0.3 is 5.76 Å². The van der Waals surface area contributed by atoms with E-state index in [0.29, 0.717) is 16.8 Å². The Morgan fingerprint density at radius 2 is 2.00 bits per heavy atom. The van der Waals surface area contributed by atoms with Crippen molar-refractivity contribution < 1.29 is 13.6 Å². The van der Waals surface area contributed by atoms with Crippen LogP contribution in [-0.4, -0.2) is 10.5 Å². The van der Waals surface area contributed by atoms with Gasteiger partial charge in [0.25, 0.3) is 5.91 Å². The summed E-state index contributed by atoms with van der Waals surface area (Å²) >= 11 is 0. The highest BCUT2D eigenvalue weighted by Gasteiger charge is 2.13. The van der Waals surface area contributed by atoms with E-state index in [1.165, 1.54) is 16.7 Å². The number of carbonyl (C=O) groups is 1. The van der Waals surface area contributed by atoms with Gasteiger partial charge in [-0.05, 0) is 42.8 Å². The molecule has 0 spiro atoms. The summed E-state index contributed by atoms with van der Waals surface area (Å²) in [6.07, 6.45) is 0. The van der Waals surface area contributed by atoms with Crippen molar-refractivity contribution in [1.29, 1.82) is 0 Å². The number of fused-ring (bicyclic) bond motifs is 1. The summed E-state index contributed by atoms with van der Waals surface area (Å²) in [4.78, 5) is 23.6. The van der Waals surface area contributed by atoms with E-state index in [1.807, 2.05) is 0 Å². The monoisotopic (exact) mass is 300 g/mol. The maximum absolute atomic E-state index is 13.8. The molecule has 0 unspecified atom stereocenters. The number of halogens is 1. The summed E-state index contributed by atoms with van der Waals surface area (Å²) in [7, 11) is 1.57. The average Bonchev–Trinajstić information content (AvgIpc) is 2.74. The fraction of sp³-hybridized carbons (Fsp3) is 0.125. The number of nitrogens with one attached hydrogen (secondary N) is 1. The number of rotatable bonds is 2. The number of aromatic nitrogens is 1. The molecule has 3 rings (SSSR count). The minimum Gasteiger partial charge on any atom is -0.408 e. The molecule has 1 N–H and O–H groups in total. The molecule has 2 aromatic carbocycles. The number of nitrogens with zero attached hydrogens (tertiary/aromatic N) is 1. The Morgan fingerprint density at radius 1 is 1.23 bits per heavy atom. The second kappa shape index (κ2) is 5.14. The van der Waals surface area contributed by atoms with E-state index in [1.54, 1.807) is 38.2 Å². The molecule has 5 nitrogen and oxygen atoms in total. The fourth-order valence-corrected chi connectivity index (χ4v) is 2.21. The van der Waals surface area contributed by atoms with Crippen molar-refractivity contribution in [2.75, 3.05) is 5.32 Å². The maximum Gasteiger partial charge on any atom is 0.419 e. The first-order valence-electron chi connectivity index (χ1n) is 6.63. The summed E-state index contributed by atoms with van der Waals surface area (Å²) in [6.45, 7) is 1.75. The van der Waals surface area contributed by atoms with Crippen molar-refractivity contribution in [2.24, 2.45) is 7.05 Å². The number of hydrogen-bond donors (Lipinski definition) is 1. The Kier molecular flexibility index (Phi) is 3.29. The number of benzene rings is 2. The molecule has 0 aliphatic carbocycles. The van der Waals surface area contributed by atoms with Crippen LogP contribution in [0.5, 0.6) is 0 Å². The number of oxazole rings is 1. The van der Waals surface area contributed by atoms with E-state index in [0.717, 1.165) is 5.56 Å². The smallest absolute Gasteiger partial charge is 0.408 e. The number of amides is 1. The minimum absolute atomic E-state index is 0.0354. The van der Waals surface area contributed by atoms with Crippen LogP contribution in [0.2, 0.25) is 0 Å². The third kappa shape index (κ3) is 2.39. The lowest BCUT2D eigenvalue weighted by Gasteiger charge is -2.07. The average molecular weight is 300 g/mol. The zero-order chi connectivity index (χ0) is 15.9. The second-order valence-corrected chi connectivity index (χ2v) is 5.05. The van der Waals surface area contributed by atoms with Gasteiger partial charge in [-0.2, -0.15) is 0 Å². The highest BCUT2D eigenvalue weighted by Crippen LogP contribution is 2.19. The number of anilines is 1. The van der Waals surface area contributed by atoms with Crippen LogP contribution >= 0.6 is 0 Å². The van der Waals surface area contributed by atoms with Crippen LogP contribution in [0.3, 0.4) is 0 Å². The lowest BCUT2D eigenvalue weighted by atomic mass is 10.1. The molecule has 112 valence electrons. The summed E-state index contributed by atoms with van der Waals surface area (Å²) in [6, 6.07) is 9.18. The van der Waals surface area contributed by atoms with Gasteiger partial charge in [-0.3, -0.25) is 9.36 Å². The summed E-state index contributed by atoms with van der Waals surface area (Å²) in [5.74, 6) is -1.61. The SMILES string of the molecule is Cc1ccc(C(=O)Nc2ccc3oc(=O)n(C)c3c2)c(F)c1. The molecule has 0 saturated carbocycles. The van der Waals surface area contributed by atoms with Gasteiger partial charge in [0.1, 0.15) is 5.82 Å².